The number of halogens is 1. The molecule has 0 amide bonds. The third kappa shape index (κ3) is 4.06. The van der Waals surface area contributed by atoms with Crippen molar-refractivity contribution >= 4 is 15.9 Å². The van der Waals surface area contributed by atoms with E-state index in [1.54, 1.807) is 0 Å². The van der Waals surface area contributed by atoms with Gasteiger partial charge in [-0.2, -0.15) is 0 Å². The lowest BCUT2D eigenvalue weighted by Crippen LogP contribution is -2.32. The molecular formula is C30H25BrN2O. The fourth-order valence-electron chi connectivity index (χ4n) is 4.58. The molecule has 168 valence electrons. The molecule has 0 spiro atoms. The maximum atomic E-state index is 5.99. The first-order valence-electron chi connectivity index (χ1n) is 11.3. The molecule has 0 fully saturated rings. The molecule has 4 heteroatoms. The van der Waals surface area contributed by atoms with Crippen LogP contribution in [0.3, 0.4) is 0 Å². The van der Waals surface area contributed by atoms with Crippen LogP contribution >= 0.6 is 15.9 Å². The van der Waals surface area contributed by atoms with Gasteiger partial charge in [0.05, 0.1) is 12.3 Å². The Balaban J connectivity index is 1.75. The van der Waals surface area contributed by atoms with E-state index in [9.17, 15) is 0 Å². The molecule has 0 bridgehead atoms. The number of H-pyrrole nitrogens is 1. The van der Waals surface area contributed by atoms with E-state index < -0.39 is 5.41 Å². The van der Waals surface area contributed by atoms with Gasteiger partial charge in [0.1, 0.15) is 17.0 Å². The highest BCUT2D eigenvalue weighted by atomic mass is 79.9. The van der Waals surface area contributed by atoms with Gasteiger partial charge in [0, 0.05) is 17.1 Å². The molecule has 0 aliphatic carbocycles. The number of rotatable bonds is 8. The second-order valence-corrected chi connectivity index (χ2v) is 8.81. The minimum atomic E-state index is -0.603. The molecule has 0 atom stereocenters. The number of nitrogens with one attached hydrogen (secondary N) is 1. The van der Waals surface area contributed by atoms with Crippen LogP contribution in [-0.4, -0.2) is 21.9 Å². The lowest BCUT2D eigenvalue weighted by Gasteiger charge is -2.34. The van der Waals surface area contributed by atoms with Crippen molar-refractivity contribution in [2.24, 2.45) is 0 Å². The van der Waals surface area contributed by atoms with Crippen molar-refractivity contribution in [2.45, 2.75) is 5.41 Å². The lowest BCUT2D eigenvalue weighted by atomic mass is 9.69. The van der Waals surface area contributed by atoms with E-state index in [0.717, 1.165) is 44.9 Å². The van der Waals surface area contributed by atoms with Gasteiger partial charge in [0.15, 0.2) is 0 Å². The van der Waals surface area contributed by atoms with Crippen LogP contribution in [0.15, 0.2) is 121 Å². The molecule has 1 aromatic heterocycles. The van der Waals surface area contributed by atoms with Gasteiger partial charge in [-0.25, -0.2) is 4.98 Å². The number of aromatic nitrogens is 2. The second kappa shape index (κ2) is 10.1. The molecule has 0 aliphatic heterocycles. The summed E-state index contributed by atoms with van der Waals surface area (Å²) in [5.74, 6) is 1.69. The van der Waals surface area contributed by atoms with E-state index in [0.29, 0.717) is 6.61 Å². The van der Waals surface area contributed by atoms with Gasteiger partial charge in [-0.05, 0) is 28.8 Å². The summed E-state index contributed by atoms with van der Waals surface area (Å²) in [4.78, 5) is 8.75. The fraction of sp³-hybridized carbons (Fsp3) is 0.100. The summed E-state index contributed by atoms with van der Waals surface area (Å²) in [6.45, 7) is 0.594. The zero-order chi connectivity index (χ0) is 23.2. The molecule has 4 aromatic carbocycles. The van der Waals surface area contributed by atoms with Gasteiger partial charge in [0.2, 0.25) is 0 Å². The van der Waals surface area contributed by atoms with E-state index in [1.807, 2.05) is 24.4 Å². The predicted octanol–water partition coefficient (Wildman–Crippen LogP) is 7.23. The highest BCUT2D eigenvalue weighted by Crippen LogP contribution is 2.44. The summed E-state index contributed by atoms with van der Waals surface area (Å²) >= 11 is 3.45. The molecule has 3 nitrogen and oxygen atoms in total. The van der Waals surface area contributed by atoms with Gasteiger partial charge >= 0.3 is 0 Å². The third-order valence-corrected chi connectivity index (χ3v) is 6.37. The van der Waals surface area contributed by atoms with Crippen molar-refractivity contribution in [3.05, 3.63) is 144 Å². The number of alkyl halides is 1. The van der Waals surface area contributed by atoms with E-state index in [2.05, 4.69) is 118 Å². The Morgan fingerprint density at radius 2 is 1.18 bits per heavy atom. The van der Waals surface area contributed by atoms with Gasteiger partial charge in [-0.1, -0.05) is 119 Å². The zero-order valence-electron chi connectivity index (χ0n) is 18.7. The molecule has 1 N–H and O–H groups in total. The third-order valence-electron chi connectivity index (χ3n) is 6.05. The smallest absolute Gasteiger partial charge is 0.128 e. The standard InChI is InChI=1S/C30H25BrN2O/c31-20-21-34-28-19-11-10-18-26(28)27-22-32-29(33-27)30(23-12-4-1-5-13-23,24-14-6-2-7-15-24)25-16-8-3-9-17-25/h1-19,22H,20-21H2,(H,32,33). The van der Waals surface area contributed by atoms with Gasteiger partial charge in [0.25, 0.3) is 0 Å². The Bertz CT molecular complexity index is 1240. The van der Waals surface area contributed by atoms with Crippen molar-refractivity contribution < 1.29 is 4.74 Å². The van der Waals surface area contributed by atoms with Crippen molar-refractivity contribution in [3.8, 4) is 17.0 Å². The maximum absolute atomic E-state index is 5.99. The quantitative estimate of drug-likeness (QED) is 0.177. The number of hydrogen-bond donors (Lipinski definition) is 1. The van der Waals surface area contributed by atoms with Gasteiger partial charge in [-0.3, -0.25) is 0 Å². The Morgan fingerprint density at radius 3 is 1.71 bits per heavy atom. The van der Waals surface area contributed by atoms with Crippen LogP contribution in [0.2, 0.25) is 0 Å². The number of nitrogens with zero attached hydrogens (tertiary/aromatic N) is 1. The summed E-state index contributed by atoms with van der Waals surface area (Å²) < 4.78 is 5.99. The first-order valence-corrected chi connectivity index (χ1v) is 12.5. The topological polar surface area (TPSA) is 37.9 Å². The summed E-state index contributed by atoms with van der Waals surface area (Å²) in [5, 5.41) is 0.770. The van der Waals surface area contributed by atoms with Crippen molar-refractivity contribution in [1.82, 2.24) is 9.97 Å². The summed E-state index contributed by atoms with van der Waals surface area (Å²) in [6, 6.07) is 39.8. The minimum Gasteiger partial charge on any atom is -0.492 e. The SMILES string of the molecule is BrCCOc1ccccc1-c1c[nH]c(C(c2ccccc2)(c2ccccc2)c2ccccc2)n1. The van der Waals surface area contributed by atoms with Gasteiger partial charge < -0.3 is 9.72 Å². The fourth-order valence-corrected chi connectivity index (χ4v) is 4.74. The molecule has 0 saturated heterocycles. The monoisotopic (exact) mass is 508 g/mol. The minimum absolute atomic E-state index is 0.594. The Labute approximate surface area is 208 Å². The number of ether oxygens (including phenoxy) is 1. The first-order chi connectivity index (χ1) is 16.8. The van der Waals surface area contributed by atoms with E-state index in [1.165, 1.54) is 0 Å². The van der Waals surface area contributed by atoms with Crippen molar-refractivity contribution in [1.29, 1.82) is 0 Å². The molecule has 0 unspecified atom stereocenters. The van der Waals surface area contributed by atoms with Crippen molar-refractivity contribution in [3.63, 3.8) is 0 Å². The maximum Gasteiger partial charge on any atom is 0.128 e. The molecule has 0 radical (unpaired) electrons. The van der Waals surface area contributed by atoms with Crippen LogP contribution in [0.25, 0.3) is 11.3 Å². The van der Waals surface area contributed by atoms with Crippen LogP contribution < -0.4 is 4.74 Å². The highest BCUT2D eigenvalue weighted by Gasteiger charge is 2.41. The zero-order valence-corrected chi connectivity index (χ0v) is 20.3. The van der Waals surface area contributed by atoms with Gasteiger partial charge in [-0.15, -0.1) is 0 Å². The Kier molecular flexibility index (Phi) is 6.59. The largest absolute Gasteiger partial charge is 0.492 e. The average Bonchev–Trinajstić information content (AvgIpc) is 3.40. The second-order valence-electron chi connectivity index (χ2n) is 8.02. The van der Waals surface area contributed by atoms with Crippen LogP contribution in [-0.2, 0) is 5.41 Å². The first kappa shape index (κ1) is 22.2. The number of imidazole rings is 1. The molecule has 34 heavy (non-hydrogen) atoms. The van der Waals surface area contributed by atoms with Crippen molar-refractivity contribution in [2.75, 3.05) is 11.9 Å². The van der Waals surface area contributed by atoms with E-state index in [-0.39, 0.29) is 0 Å². The van der Waals surface area contributed by atoms with Crippen LogP contribution in [0.4, 0.5) is 0 Å². The number of hydrogen-bond acceptors (Lipinski definition) is 2. The average molecular weight is 509 g/mol. The van der Waals surface area contributed by atoms with E-state index >= 15 is 0 Å². The Hall–Kier alpha value is -3.63. The lowest BCUT2D eigenvalue weighted by molar-refractivity contribution is 0.346. The summed E-state index contributed by atoms with van der Waals surface area (Å²) in [6.07, 6.45) is 1.98. The van der Waals surface area contributed by atoms with Crippen LogP contribution in [0.5, 0.6) is 5.75 Å². The normalized spacial score (nSPS) is 11.3. The molecule has 0 aliphatic rings. The van der Waals surface area contributed by atoms with Crippen LogP contribution in [0.1, 0.15) is 22.5 Å². The molecule has 5 aromatic rings. The Morgan fingerprint density at radius 1 is 0.676 bits per heavy atom. The van der Waals surface area contributed by atoms with E-state index in [4.69, 9.17) is 9.72 Å². The number of aromatic amines is 1. The summed E-state index contributed by atoms with van der Waals surface area (Å²) in [7, 11) is 0. The molecule has 5 rings (SSSR count). The molecular weight excluding hydrogens is 484 g/mol. The summed E-state index contributed by atoms with van der Waals surface area (Å²) in [5.41, 5.74) is 4.67. The number of para-hydroxylation sites is 1. The predicted molar refractivity (Wildman–Crippen MR) is 142 cm³/mol. The number of benzene rings is 4. The highest BCUT2D eigenvalue weighted by molar-refractivity contribution is 9.09. The molecule has 0 saturated carbocycles. The van der Waals surface area contributed by atoms with Crippen LogP contribution in [0, 0.1) is 0 Å². The molecule has 1 heterocycles.